The highest BCUT2D eigenvalue weighted by molar-refractivity contribution is 4.69. The molecule has 0 aromatic carbocycles. The fourth-order valence-corrected chi connectivity index (χ4v) is 1.83. The molecule has 0 amide bonds. The van der Waals surface area contributed by atoms with Crippen molar-refractivity contribution in [2.75, 3.05) is 0 Å². The van der Waals surface area contributed by atoms with Crippen molar-refractivity contribution in [1.82, 2.24) is 4.57 Å². The molecule has 1 rings (SSSR count). The lowest BCUT2D eigenvalue weighted by Gasteiger charge is -2.11. The van der Waals surface area contributed by atoms with Gasteiger partial charge in [0.05, 0.1) is 13.6 Å². The molecule has 15 heavy (non-hydrogen) atoms. The molecule has 0 N–H and O–H groups in total. The van der Waals surface area contributed by atoms with Gasteiger partial charge in [-0.2, -0.15) is 0 Å². The molecule has 1 heterocycles. The third-order valence-electron chi connectivity index (χ3n) is 2.84. The quantitative estimate of drug-likeness (QED) is 0.621. The molecule has 0 spiro atoms. The van der Waals surface area contributed by atoms with Crippen LogP contribution in [0.2, 0.25) is 0 Å². The third-order valence-corrected chi connectivity index (χ3v) is 2.84. The van der Waals surface area contributed by atoms with Gasteiger partial charge in [-0.1, -0.05) is 26.7 Å². The van der Waals surface area contributed by atoms with Gasteiger partial charge in [0.15, 0.2) is 0 Å². The first kappa shape index (κ1) is 14.7. The number of unbranched alkanes of at least 4 members (excludes halogenated alkanes) is 1. The zero-order valence-electron chi connectivity index (χ0n) is 10.1. The van der Waals surface area contributed by atoms with Gasteiger partial charge in [-0.15, -0.1) is 0 Å². The lowest BCUT2D eigenvalue weighted by Crippen LogP contribution is -3.00. The Bertz CT molecular complexity index is 258. The largest absolute Gasteiger partial charge is 1.00 e. The number of nitrogens with zero attached hydrogens (tertiary/aromatic N) is 2. The summed E-state index contributed by atoms with van der Waals surface area (Å²) in [5.74, 6) is 0.849. The number of hydrogen-bond donors (Lipinski definition) is 0. The Kier molecular flexibility index (Phi) is 7.75. The van der Waals surface area contributed by atoms with Crippen molar-refractivity contribution < 1.29 is 21.5 Å². The molecule has 3 heteroatoms. The highest BCUT2D eigenvalue weighted by Gasteiger charge is 2.10. The third kappa shape index (κ3) is 5.36. The predicted octanol–water partition coefficient (Wildman–Crippen LogP) is -0.467. The second kappa shape index (κ2) is 7.91. The maximum Gasteiger partial charge on any atom is 0.243 e. The zero-order valence-corrected chi connectivity index (χ0v) is 11.7. The maximum absolute atomic E-state index is 2.30. The monoisotopic (exact) mass is 274 g/mol. The summed E-state index contributed by atoms with van der Waals surface area (Å²) in [6.07, 6.45) is 11.8. The smallest absolute Gasteiger partial charge is 0.243 e. The summed E-state index contributed by atoms with van der Waals surface area (Å²) >= 11 is 0. The molecule has 0 bridgehead atoms. The Labute approximate surface area is 104 Å². The molecule has 1 aromatic heterocycles. The van der Waals surface area contributed by atoms with Gasteiger partial charge >= 0.3 is 0 Å². The minimum Gasteiger partial charge on any atom is -1.00 e. The molecule has 0 saturated heterocycles. The van der Waals surface area contributed by atoms with Crippen molar-refractivity contribution in [1.29, 1.82) is 0 Å². The van der Waals surface area contributed by atoms with E-state index < -0.39 is 0 Å². The van der Waals surface area contributed by atoms with E-state index in [0.717, 1.165) is 5.92 Å². The Morgan fingerprint density at radius 3 is 2.53 bits per heavy atom. The van der Waals surface area contributed by atoms with Crippen LogP contribution in [0.3, 0.4) is 0 Å². The lowest BCUT2D eigenvalue weighted by atomic mass is 9.99. The molecule has 1 atom stereocenters. The van der Waals surface area contributed by atoms with Crippen molar-refractivity contribution >= 4 is 0 Å². The van der Waals surface area contributed by atoms with Crippen LogP contribution >= 0.6 is 0 Å². The Morgan fingerprint density at radius 2 is 2.07 bits per heavy atom. The average molecular weight is 275 g/mol. The predicted molar refractivity (Wildman–Crippen MR) is 58.9 cm³/mol. The number of aryl methyl sites for hydroxylation is 1. The summed E-state index contributed by atoms with van der Waals surface area (Å²) in [6, 6.07) is 0. The van der Waals surface area contributed by atoms with Gasteiger partial charge in [0.1, 0.15) is 12.4 Å². The second-order valence-electron chi connectivity index (χ2n) is 4.19. The first-order chi connectivity index (χ1) is 6.76. The molecular weight excluding hydrogens is 252 g/mol. The van der Waals surface area contributed by atoms with Gasteiger partial charge in [0, 0.05) is 0 Å². The highest BCUT2D eigenvalue weighted by atomic mass is 79.9. The van der Waals surface area contributed by atoms with E-state index >= 15 is 0 Å². The fraction of sp³-hybridized carbons (Fsp3) is 0.750. The van der Waals surface area contributed by atoms with E-state index in [4.69, 9.17) is 0 Å². The first-order valence-corrected chi connectivity index (χ1v) is 5.77. The van der Waals surface area contributed by atoms with Gasteiger partial charge in [-0.3, -0.25) is 0 Å². The average Bonchev–Trinajstić information content (AvgIpc) is 2.58. The molecule has 0 fully saturated rings. The fourth-order valence-electron chi connectivity index (χ4n) is 1.83. The second-order valence-corrected chi connectivity index (χ2v) is 4.19. The highest BCUT2D eigenvalue weighted by Crippen LogP contribution is 2.14. The summed E-state index contributed by atoms with van der Waals surface area (Å²) < 4.78 is 4.40. The van der Waals surface area contributed by atoms with Crippen LogP contribution in [0.25, 0.3) is 0 Å². The van der Waals surface area contributed by atoms with Crippen LogP contribution in [-0.4, -0.2) is 4.57 Å². The number of halogens is 1. The molecule has 0 saturated carbocycles. The normalized spacial score (nSPS) is 12.2. The molecule has 88 valence electrons. The topological polar surface area (TPSA) is 8.81 Å². The Hall–Kier alpha value is -0.310. The van der Waals surface area contributed by atoms with Crippen molar-refractivity contribution in [3.8, 4) is 0 Å². The van der Waals surface area contributed by atoms with Crippen LogP contribution in [0.1, 0.15) is 39.5 Å². The van der Waals surface area contributed by atoms with Crippen molar-refractivity contribution in [3.63, 3.8) is 0 Å². The summed E-state index contributed by atoms with van der Waals surface area (Å²) in [5, 5.41) is 0. The zero-order chi connectivity index (χ0) is 10.4. The van der Waals surface area contributed by atoms with Crippen LogP contribution in [0.4, 0.5) is 0 Å². The molecule has 1 aromatic rings. The number of imidazole rings is 1. The van der Waals surface area contributed by atoms with E-state index in [2.05, 4.69) is 48.8 Å². The van der Waals surface area contributed by atoms with E-state index in [1.165, 1.54) is 32.2 Å². The van der Waals surface area contributed by atoms with E-state index in [1.54, 1.807) is 0 Å². The first-order valence-electron chi connectivity index (χ1n) is 5.77. The Morgan fingerprint density at radius 1 is 1.33 bits per heavy atom. The number of hydrogen-bond acceptors (Lipinski definition) is 0. The van der Waals surface area contributed by atoms with E-state index in [9.17, 15) is 0 Å². The maximum atomic E-state index is 2.30. The van der Waals surface area contributed by atoms with Gasteiger partial charge in [0.25, 0.3) is 0 Å². The molecule has 1 unspecified atom stereocenters. The van der Waals surface area contributed by atoms with Crippen LogP contribution in [0, 0.1) is 5.92 Å². The van der Waals surface area contributed by atoms with Crippen LogP contribution < -0.4 is 21.5 Å². The number of aromatic nitrogens is 2. The van der Waals surface area contributed by atoms with E-state index in [0.29, 0.717) is 0 Å². The van der Waals surface area contributed by atoms with E-state index in [1.807, 2.05) is 0 Å². The summed E-state index contributed by atoms with van der Waals surface area (Å²) in [5.41, 5.74) is 0. The van der Waals surface area contributed by atoms with Crippen molar-refractivity contribution in [2.45, 2.75) is 46.1 Å². The van der Waals surface area contributed by atoms with Gasteiger partial charge in [0.2, 0.25) is 6.33 Å². The molecule has 0 aliphatic heterocycles. The molecule has 0 radical (unpaired) electrons. The van der Waals surface area contributed by atoms with Crippen molar-refractivity contribution in [2.24, 2.45) is 13.0 Å². The minimum absolute atomic E-state index is 0. The molecule has 2 nitrogen and oxygen atoms in total. The SMILES string of the molecule is CCCCC(CC)Cn1cc[n+](C)c1.[Br-]. The van der Waals surface area contributed by atoms with Crippen LogP contribution in [0.5, 0.6) is 0 Å². The van der Waals surface area contributed by atoms with Gasteiger partial charge < -0.3 is 17.0 Å². The lowest BCUT2D eigenvalue weighted by molar-refractivity contribution is -0.671. The summed E-state index contributed by atoms with van der Waals surface area (Å²) in [6.45, 7) is 5.74. The standard InChI is InChI=1S/C12H23N2.BrH/c1-4-6-7-12(5-2)10-14-9-8-13(3)11-14;/h8-9,11-12H,4-7,10H2,1-3H3;1H/q+1;/p-1. The summed E-state index contributed by atoms with van der Waals surface area (Å²) in [7, 11) is 2.07. The summed E-state index contributed by atoms with van der Waals surface area (Å²) in [4.78, 5) is 0. The molecule has 0 aliphatic carbocycles. The van der Waals surface area contributed by atoms with Crippen molar-refractivity contribution in [3.05, 3.63) is 18.7 Å². The van der Waals surface area contributed by atoms with Gasteiger partial charge in [-0.25, -0.2) is 9.13 Å². The Balaban J connectivity index is 0.00000196. The van der Waals surface area contributed by atoms with Crippen LogP contribution in [0.15, 0.2) is 18.7 Å². The van der Waals surface area contributed by atoms with Crippen LogP contribution in [-0.2, 0) is 13.6 Å². The molecule has 0 aliphatic rings. The number of rotatable bonds is 6. The molecular formula is C12H23BrN2. The van der Waals surface area contributed by atoms with Gasteiger partial charge in [-0.05, 0) is 18.8 Å². The minimum atomic E-state index is 0. The van der Waals surface area contributed by atoms with E-state index in [-0.39, 0.29) is 17.0 Å².